The minimum Gasteiger partial charge on any atom is -0.272 e. The van der Waals surface area contributed by atoms with Gasteiger partial charge in [-0.05, 0) is 51.5 Å². The molecule has 4 aromatic rings. The number of aromatic nitrogens is 7. The standard InChI is InChI=1S/C20H23N7S/c1-12-6-8-16(9-7-12)11-26-15(4)18(14(3)23-26)27-19(21-22-20(27)28)17-10-13(2)25(5)24-17/h6-10H,11H2,1-5H3,(H,22,28). The highest BCUT2D eigenvalue weighted by atomic mass is 32.1. The molecule has 7 nitrogen and oxygen atoms in total. The first-order valence-electron chi connectivity index (χ1n) is 9.13. The van der Waals surface area contributed by atoms with Crippen LogP contribution >= 0.6 is 12.2 Å². The Morgan fingerprint density at radius 1 is 1.04 bits per heavy atom. The summed E-state index contributed by atoms with van der Waals surface area (Å²) in [5, 5.41) is 16.7. The fourth-order valence-corrected chi connectivity index (χ4v) is 3.60. The molecule has 1 aromatic carbocycles. The molecule has 0 spiro atoms. The van der Waals surface area contributed by atoms with Crippen LogP contribution in [0.25, 0.3) is 17.2 Å². The summed E-state index contributed by atoms with van der Waals surface area (Å²) in [7, 11) is 1.92. The summed E-state index contributed by atoms with van der Waals surface area (Å²) < 4.78 is 6.30. The van der Waals surface area contributed by atoms with Crippen molar-refractivity contribution < 1.29 is 0 Å². The largest absolute Gasteiger partial charge is 0.272 e. The molecule has 0 amide bonds. The van der Waals surface area contributed by atoms with E-state index in [9.17, 15) is 0 Å². The van der Waals surface area contributed by atoms with E-state index in [1.165, 1.54) is 11.1 Å². The van der Waals surface area contributed by atoms with Gasteiger partial charge < -0.3 is 0 Å². The van der Waals surface area contributed by atoms with Crippen molar-refractivity contribution in [3.63, 3.8) is 0 Å². The second-order valence-corrected chi connectivity index (χ2v) is 7.53. The molecule has 1 N–H and O–H groups in total. The van der Waals surface area contributed by atoms with E-state index in [1.54, 1.807) is 0 Å². The summed E-state index contributed by atoms with van der Waals surface area (Å²) in [6.45, 7) is 8.86. The topological polar surface area (TPSA) is 69.2 Å². The van der Waals surface area contributed by atoms with Crippen LogP contribution in [0.2, 0.25) is 0 Å². The van der Waals surface area contributed by atoms with Crippen molar-refractivity contribution in [2.24, 2.45) is 7.05 Å². The molecule has 0 aliphatic heterocycles. The highest BCUT2D eigenvalue weighted by Crippen LogP contribution is 2.26. The molecule has 8 heteroatoms. The number of H-pyrrole nitrogens is 1. The normalized spacial score (nSPS) is 11.3. The number of nitrogens with zero attached hydrogens (tertiary/aromatic N) is 6. The fourth-order valence-electron chi connectivity index (χ4n) is 3.38. The van der Waals surface area contributed by atoms with E-state index in [0.717, 1.165) is 28.5 Å². The number of nitrogens with one attached hydrogen (secondary N) is 1. The van der Waals surface area contributed by atoms with E-state index >= 15 is 0 Å². The first-order valence-corrected chi connectivity index (χ1v) is 9.54. The van der Waals surface area contributed by atoms with E-state index in [0.29, 0.717) is 17.1 Å². The lowest BCUT2D eigenvalue weighted by molar-refractivity contribution is 0.658. The van der Waals surface area contributed by atoms with E-state index in [-0.39, 0.29) is 0 Å². The van der Waals surface area contributed by atoms with E-state index in [1.807, 2.05) is 40.9 Å². The Morgan fingerprint density at radius 2 is 1.75 bits per heavy atom. The van der Waals surface area contributed by atoms with Gasteiger partial charge >= 0.3 is 0 Å². The molecule has 0 atom stereocenters. The maximum absolute atomic E-state index is 5.54. The minimum absolute atomic E-state index is 0.527. The molecule has 0 radical (unpaired) electrons. The first kappa shape index (κ1) is 18.4. The maximum Gasteiger partial charge on any atom is 0.200 e. The third-order valence-electron chi connectivity index (χ3n) is 5.04. The van der Waals surface area contributed by atoms with Crippen LogP contribution in [-0.2, 0) is 13.6 Å². The van der Waals surface area contributed by atoms with Gasteiger partial charge in [0.15, 0.2) is 10.6 Å². The number of rotatable bonds is 4. The molecule has 144 valence electrons. The van der Waals surface area contributed by atoms with Crippen LogP contribution in [0.15, 0.2) is 30.3 Å². The summed E-state index contributed by atoms with van der Waals surface area (Å²) in [4.78, 5) is 0. The number of benzene rings is 1. The van der Waals surface area contributed by atoms with Crippen LogP contribution in [0.3, 0.4) is 0 Å². The third kappa shape index (κ3) is 3.09. The van der Waals surface area contributed by atoms with E-state index < -0.39 is 0 Å². The van der Waals surface area contributed by atoms with Gasteiger partial charge in [-0.25, -0.2) is 0 Å². The molecular weight excluding hydrogens is 370 g/mol. The lowest BCUT2D eigenvalue weighted by Gasteiger charge is -2.08. The number of hydrogen-bond donors (Lipinski definition) is 1. The molecule has 3 aromatic heterocycles. The molecular formula is C20H23N7S. The number of hydrogen-bond acceptors (Lipinski definition) is 4. The van der Waals surface area contributed by atoms with Crippen molar-refractivity contribution in [3.05, 3.63) is 63.3 Å². The smallest absolute Gasteiger partial charge is 0.200 e. The van der Waals surface area contributed by atoms with Crippen molar-refractivity contribution in [1.29, 1.82) is 0 Å². The maximum atomic E-state index is 5.54. The molecule has 0 fully saturated rings. The van der Waals surface area contributed by atoms with Crippen LogP contribution in [-0.4, -0.2) is 34.3 Å². The molecule has 0 saturated heterocycles. The highest BCUT2D eigenvalue weighted by molar-refractivity contribution is 7.71. The van der Waals surface area contributed by atoms with E-state index in [4.69, 9.17) is 17.3 Å². The zero-order valence-electron chi connectivity index (χ0n) is 16.7. The third-order valence-corrected chi connectivity index (χ3v) is 5.31. The zero-order valence-corrected chi connectivity index (χ0v) is 17.5. The van der Waals surface area contributed by atoms with Gasteiger partial charge in [-0.1, -0.05) is 29.8 Å². The highest BCUT2D eigenvalue weighted by Gasteiger charge is 2.21. The Morgan fingerprint density at radius 3 is 2.39 bits per heavy atom. The molecule has 28 heavy (non-hydrogen) atoms. The molecule has 0 saturated carbocycles. The van der Waals surface area contributed by atoms with Crippen LogP contribution in [0, 0.1) is 32.5 Å². The summed E-state index contributed by atoms with van der Waals surface area (Å²) in [6.07, 6.45) is 0. The van der Waals surface area contributed by atoms with Crippen LogP contribution < -0.4 is 0 Å². The Labute approximate surface area is 168 Å². The van der Waals surface area contributed by atoms with Gasteiger partial charge in [-0.15, -0.1) is 0 Å². The van der Waals surface area contributed by atoms with Gasteiger partial charge in [0.2, 0.25) is 0 Å². The van der Waals surface area contributed by atoms with Gasteiger partial charge in [-0.2, -0.15) is 15.3 Å². The summed E-state index contributed by atoms with van der Waals surface area (Å²) in [5.41, 5.74) is 7.16. The Balaban J connectivity index is 1.81. The quantitative estimate of drug-likeness (QED) is 0.535. The lowest BCUT2D eigenvalue weighted by atomic mass is 10.1. The van der Waals surface area contributed by atoms with Crippen LogP contribution in [0.4, 0.5) is 0 Å². The molecule has 0 aliphatic rings. The SMILES string of the molecule is Cc1ccc(Cn2nc(C)c(-n3c(-c4cc(C)n(C)n4)n[nH]c3=S)c2C)cc1. The van der Waals surface area contributed by atoms with Crippen LogP contribution in [0.1, 0.15) is 28.2 Å². The Bertz CT molecular complexity index is 1190. The lowest BCUT2D eigenvalue weighted by Crippen LogP contribution is -2.06. The van der Waals surface area contributed by atoms with Gasteiger partial charge in [0.25, 0.3) is 0 Å². The molecule has 0 bridgehead atoms. The van der Waals surface area contributed by atoms with Crippen molar-refractivity contribution >= 4 is 12.2 Å². The first-order chi connectivity index (χ1) is 13.3. The number of aryl methyl sites for hydroxylation is 4. The second kappa shape index (κ2) is 6.87. The second-order valence-electron chi connectivity index (χ2n) is 7.15. The van der Waals surface area contributed by atoms with Gasteiger partial charge in [-0.3, -0.25) is 19.0 Å². The van der Waals surface area contributed by atoms with Crippen LogP contribution in [0.5, 0.6) is 0 Å². The molecule has 0 aliphatic carbocycles. The van der Waals surface area contributed by atoms with Gasteiger partial charge in [0, 0.05) is 12.7 Å². The summed E-state index contributed by atoms with van der Waals surface area (Å²) in [5.74, 6) is 0.690. The monoisotopic (exact) mass is 393 g/mol. The predicted molar refractivity (Wildman–Crippen MR) is 111 cm³/mol. The van der Waals surface area contributed by atoms with Crippen molar-refractivity contribution in [1.82, 2.24) is 34.3 Å². The summed E-state index contributed by atoms with van der Waals surface area (Å²) >= 11 is 5.54. The summed E-state index contributed by atoms with van der Waals surface area (Å²) in [6, 6.07) is 10.5. The minimum atomic E-state index is 0.527. The average Bonchev–Trinajstić information content (AvgIpc) is 3.27. The average molecular weight is 394 g/mol. The van der Waals surface area contributed by atoms with Gasteiger partial charge in [0.05, 0.1) is 23.6 Å². The van der Waals surface area contributed by atoms with Gasteiger partial charge in [0.1, 0.15) is 5.69 Å². The van der Waals surface area contributed by atoms with E-state index in [2.05, 4.69) is 53.4 Å². The molecule has 4 rings (SSSR count). The van der Waals surface area contributed by atoms with Crippen molar-refractivity contribution in [3.8, 4) is 17.2 Å². The Hall–Kier alpha value is -3.00. The fraction of sp³-hybridized carbons (Fsp3) is 0.300. The van der Waals surface area contributed by atoms with Crippen molar-refractivity contribution in [2.75, 3.05) is 0 Å². The molecule has 3 heterocycles. The van der Waals surface area contributed by atoms with Crippen molar-refractivity contribution in [2.45, 2.75) is 34.2 Å². The Kier molecular flexibility index (Phi) is 4.50. The molecule has 0 unspecified atom stereocenters. The zero-order chi connectivity index (χ0) is 20.0. The predicted octanol–water partition coefficient (Wildman–Crippen LogP) is 3.81. The number of aromatic amines is 1.